The fourth-order valence-corrected chi connectivity index (χ4v) is 2.92. The second-order valence-electron chi connectivity index (χ2n) is 5.39. The smallest absolute Gasteiger partial charge is 0.233 e. The van der Waals surface area contributed by atoms with Crippen LogP contribution >= 0.6 is 11.8 Å². The summed E-state index contributed by atoms with van der Waals surface area (Å²) < 4.78 is 5.46. The van der Waals surface area contributed by atoms with Crippen LogP contribution < -0.4 is 5.32 Å². The summed E-state index contributed by atoms with van der Waals surface area (Å²) in [5.74, 6) is 2.48. The molecule has 1 aliphatic heterocycles. The first-order valence-electron chi connectivity index (χ1n) is 6.79. The Hall–Kier alpha value is -0.550. The molecule has 2 heterocycles. The Morgan fingerprint density at radius 3 is 3.06 bits per heavy atom. The van der Waals surface area contributed by atoms with E-state index in [1.807, 2.05) is 11.8 Å². The minimum absolute atomic E-state index is 0.0184. The fourth-order valence-electron chi connectivity index (χ4n) is 2.13. The van der Waals surface area contributed by atoms with Crippen molar-refractivity contribution in [1.82, 2.24) is 15.5 Å². The molecule has 1 fully saturated rings. The average molecular weight is 269 g/mol. The van der Waals surface area contributed by atoms with Gasteiger partial charge in [0.25, 0.3) is 0 Å². The van der Waals surface area contributed by atoms with Crippen molar-refractivity contribution in [2.75, 3.05) is 13.1 Å². The number of nitrogens with one attached hydrogen (secondary N) is 1. The van der Waals surface area contributed by atoms with Crippen LogP contribution in [0.2, 0.25) is 0 Å². The maximum absolute atomic E-state index is 5.46. The Labute approximate surface area is 113 Å². The van der Waals surface area contributed by atoms with Crippen molar-refractivity contribution in [1.29, 1.82) is 0 Å². The van der Waals surface area contributed by atoms with Crippen molar-refractivity contribution in [2.24, 2.45) is 0 Å². The summed E-state index contributed by atoms with van der Waals surface area (Å²) in [5.41, 5.74) is 0.0184. The topological polar surface area (TPSA) is 51.0 Å². The molecule has 1 aliphatic rings. The van der Waals surface area contributed by atoms with E-state index < -0.39 is 0 Å². The van der Waals surface area contributed by atoms with Crippen LogP contribution in [0.4, 0.5) is 0 Å². The summed E-state index contributed by atoms with van der Waals surface area (Å²) in [6.45, 7) is 8.68. The Balaban J connectivity index is 1.96. The molecule has 1 aromatic heterocycles. The lowest BCUT2D eigenvalue weighted by Gasteiger charge is -2.30. The van der Waals surface area contributed by atoms with Crippen molar-refractivity contribution in [2.45, 2.75) is 56.5 Å². The number of thioether (sulfide) groups is 1. The van der Waals surface area contributed by atoms with E-state index in [-0.39, 0.29) is 5.41 Å². The van der Waals surface area contributed by atoms with E-state index in [1.54, 1.807) is 0 Å². The van der Waals surface area contributed by atoms with Gasteiger partial charge in [0.2, 0.25) is 5.89 Å². The summed E-state index contributed by atoms with van der Waals surface area (Å²) in [5, 5.41) is 8.17. The molecule has 0 spiro atoms. The van der Waals surface area contributed by atoms with E-state index in [9.17, 15) is 0 Å². The molecule has 1 aromatic rings. The number of hydrogen-bond acceptors (Lipinski definition) is 5. The van der Waals surface area contributed by atoms with E-state index in [2.05, 4.69) is 36.2 Å². The summed E-state index contributed by atoms with van der Waals surface area (Å²) in [4.78, 5) is 4.57. The van der Waals surface area contributed by atoms with E-state index in [0.29, 0.717) is 5.25 Å². The van der Waals surface area contributed by atoms with E-state index in [0.717, 1.165) is 37.0 Å². The van der Waals surface area contributed by atoms with Gasteiger partial charge in [-0.25, -0.2) is 0 Å². The lowest BCUT2D eigenvalue weighted by molar-refractivity contribution is 0.245. The van der Waals surface area contributed by atoms with Gasteiger partial charge in [0.1, 0.15) is 0 Å². The molecular formula is C13H23N3OS. The van der Waals surface area contributed by atoms with Crippen LogP contribution in [-0.4, -0.2) is 28.5 Å². The van der Waals surface area contributed by atoms with Gasteiger partial charge in [-0.1, -0.05) is 19.0 Å². The quantitative estimate of drug-likeness (QED) is 0.890. The minimum atomic E-state index is 0.0184. The molecule has 0 aliphatic carbocycles. The lowest BCUT2D eigenvalue weighted by Crippen LogP contribution is -2.41. The SMILES string of the molecule is CCC(C)SCc1noc(C2(C)CCCNC2)n1. The van der Waals surface area contributed by atoms with Crippen LogP contribution in [0.5, 0.6) is 0 Å². The number of aromatic nitrogens is 2. The molecule has 1 saturated heterocycles. The zero-order valence-electron chi connectivity index (χ0n) is 11.5. The van der Waals surface area contributed by atoms with E-state index in [4.69, 9.17) is 4.52 Å². The Bertz CT molecular complexity index is 374. The van der Waals surface area contributed by atoms with Crippen molar-refractivity contribution >= 4 is 11.8 Å². The van der Waals surface area contributed by atoms with Crippen molar-refractivity contribution in [3.8, 4) is 0 Å². The molecule has 102 valence electrons. The Morgan fingerprint density at radius 2 is 2.39 bits per heavy atom. The summed E-state index contributed by atoms with van der Waals surface area (Å²) >= 11 is 1.89. The molecule has 1 N–H and O–H groups in total. The molecule has 0 bridgehead atoms. The van der Waals surface area contributed by atoms with Crippen LogP contribution in [-0.2, 0) is 11.2 Å². The standard InChI is InChI=1S/C13H23N3OS/c1-4-10(2)18-8-11-15-12(17-16-11)13(3)6-5-7-14-9-13/h10,14H,4-9H2,1-3H3. The third-order valence-electron chi connectivity index (χ3n) is 3.65. The second kappa shape index (κ2) is 6.06. The number of hydrogen-bond donors (Lipinski definition) is 1. The summed E-state index contributed by atoms with van der Waals surface area (Å²) in [6.07, 6.45) is 3.48. The maximum atomic E-state index is 5.46. The molecule has 18 heavy (non-hydrogen) atoms. The first-order chi connectivity index (χ1) is 8.64. The van der Waals surface area contributed by atoms with E-state index in [1.165, 1.54) is 12.8 Å². The zero-order chi connectivity index (χ0) is 13.0. The molecule has 0 amide bonds. The highest BCUT2D eigenvalue weighted by Gasteiger charge is 2.34. The van der Waals surface area contributed by atoms with Gasteiger partial charge in [-0.15, -0.1) is 0 Å². The first kappa shape index (κ1) is 13.9. The van der Waals surface area contributed by atoms with Gasteiger partial charge in [-0.3, -0.25) is 0 Å². The lowest BCUT2D eigenvalue weighted by atomic mass is 9.83. The fraction of sp³-hybridized carbons (Fsp3) is 0.846. The molecule has 0 aromatic carbocycles. The average Bonchev–Trinajstić information content (AvgIpc) is 2.86. The maximum Gasteiger partial charge on any atom is 0.233 e. The van der Waals surface area contributed by atoms with Crippen LogP contribution in [0, 0.1) is 0 Å². The number of nitrogens with zero attached hydrogens (tertiary/aromatic N) is 2. The van der Waals surface area contributed by atoms with Gasteiger partial charge >= 0.3 is 0 Å². The molecule has 4 nitrogen and oxygen atoms in total. The summed E-state index contributed by atoms with van der Waals surface area (Å²) in [6, 6.07) is 0. The predicted molar refractivity (Wildman–Crippen MR) is 74.8 cm³/mol. The molecule has 0 saturated carbocycles. The van der Waals surface area contributed by atoms with Gasteiger partial charge in [0, 0.05) is 11.8 Å². The monoisotopic (exact) mass is 269 g/mol. The molecule has 2 rings (SSSR count). The van der Waals surface area contributed by atoms with Gasteiger partial charge in [0.15, 0.2) is 5.82 Å². The van der Waals surface area contributed by atoms with Crippen molar-refractivity contribution in [3.05, 3.63) is 11.7 Å². The first-order valence-corrected chi connectivity index (χ1v) is 7.84. The van der Waals surface area contributed by atoms with Crippen molar-refractivity contribution in [3.63, 3.8) is 0 Å². The Morgan fingerprint density at radius 1 is 1.56 bits per heavy atom. The van der Waals surface area contributed by atoms with E-state index >= 15 is 0 Å². The molecular weight excluding hydrogens is 246 g/mol. The van der Waals surface area contributed by atoms with Crippen LogP contribution in [0.15, 0.2) is 4.52 Å². The molecule has 2 unspecified atom stereocenters. The van der Waals surface area contributed by atoms with Crippen molar-refractivity contribution < 1.29 is 4.52 Å². The zero-order valence-corrected chi connectivity index (χ0v) is 12.3. The largest absolute Gasteiger partial charge is 0.339 e. The van der Waals surface area contributed by atoms with Crippen LogP contribution in [0.3, 0.4) is 0 Å². The van der Waals surface area contributed by atoms with Crippen LogP contribution in [0.25, 0.3) is 0 Å². The third-order valence-corrected chi connectivity index (χ3v) is 4.98. The van der Waals surface area contributed by atoms with Crippen LogP contribution in [0.1, 0.15) is 51.7 Å². The molecule has 2 atom stereocenters. The Kier molecular flexibility index (Phi) is 4.67. The number of piperidine rings is 1. The third kappa shape index (κ3) is 3.26. The summed E-state index contributed by atoms with van der Waals surface area (Å²) in [7, 11) is 0. The normalized spacial score (nSPS) is 26.2. The highest BCUT2D eigenvalue weighted by Crippen LogP contribution is 2.29. The van der Waals surface area contributed by atoms with Gasteiger partial charge < -0.3 is 9.84 Å². The molecule has 5 heteroatoms. The number of rotatable bonds is 5. The van der Waals surface area contributed by atoms with Gasteiger partial charge in [-0.05, 0) is 32.7 Å². The minimum Gasteiger partial charge on any atom is -0.339 e. The van der Waals surface area contributed by atoms with Gasteiger partial charge in [-0.2, -0.15) is 16.7 Å². The molecule has 0 radical (unpaired) electrons. The highest BCUT2D eigenvalue weighted by molar-refractivity contribution is 7.99. The predicted octanol–water partition coefficient (Wildman–Crippen LogP) is 2.74. The highest BCUT2D eigenvalue weighted by atomic mass is 32.2. The van der Waals surface area contributed by atoms with Gasteiger partial charge in [0.05, 0.1) is 11.2 Å². The second-order valence-corrected chi connectivity index (χ2v) is 6.81.